The van der Waals surface area contributed by atoms with Crippen LogP contribution in [0.25, 0.3) is 11.0 Å². The SMILES string of the molecule is O=c1[nH]c2cc(C(F)(F)F)ccc2n1CCCN1CCC(O)(c2ccc(Cl)cc2)CC1. The fourth-order valence-corrected chi connectivity index (χ4v) is 4.34. The molecule has 0 radical (unpaired) electrons. The maximum absolute atomic E-state index is 12.9. The van der Waals surface area contributed by atoms with Crippen LogP contribution < -0.4 is 5.69 Å². The van der Waals surface area contributed by atoms with Crippen molar-refractivity contribution < 1.29 is 18.3 Å². The van der Waals surface area contributed by atoms with Gasteiger partial charge in [-0.1, -0.05) is 23.7 Å². The van der Waals surface area contributed by atoms with Crippen LogP contribution in [-0.2, 0) is 18.3 Å². The lowest BCUT2D eigenvalue weighted by atomic mass is 9.84. The highest BCUT2D eigenvalue weighted by atomic mass is 35.5. The number of aromatic nitrogens is 2. The fraction of sp³-hybridized carbons (Fsp3) is 0.409. The van der Waals surface area contributed by atoms with Gasteiger partial charge in [-0.2, -0.15) is 13.2 Å². The molecule has 31 heavy (non-hydrogen) atoms. The topological polar surface area (TPSA) is 61.3 Å². The highest BCUT2D eigenvalue weighted by Gasteiger charge is 2.34. The smallest absolute Gasteiger partial charge is 0.385 e. The first-order valence-electron chi connectivity index (χ1n) is 10.2. The minimum atomic E-state index is -4.45. The third kappa shape index (κ3) is 4.66. The van der Waals surface area contributed by atoms with Crippen LogP contribution in [0.4, 0.5) is 13.2 Å². The van der Waals surface area contributed by atoms with Crippen molar-refractivity contribution in [1.29, 1.82) is 0 Å². The summed E-state index contributed by atoms with van der Waals surface area (Å²) in [5, 5.41) is 11.6. The number of hydrogen-bond donors (Lipinski definition) is 2. The zero-order valence-corrected chi connectivity index (χ0v) is 17.5. The second-order valence-electron chi connectivity index (χ2n) is 8.05. The highest BCUT2D eigenvalue weighted by molar-refractivity contribution is 6.30. The van der Waals surface area contributed by atoms with Gasteiger partial charge in [0.05, 0.1) is 22.2 Å². The lowest BCUT2D eigenvalue weighted by molar-refractivity contribution is -0.137. The zero-order chi connectivity index (χ0) is 22.2. The Labute approximate surface area is 182 Å². The largest absolute Gasteiger partial charge is 0.416 e. The summed E-state index contributed by atoms with van der Waals surface area (Å²) in [5.41, 5.74) is -0.551. The van der Waals surface area contributed by atoms with Crippen LogP contribution in [0.2, 0.25) is 5.02 Å². The second-order valence-corrected chi connectivity index (χ2v) is 8.48. The number of fused-ring (bicyclic) bond motifs is 1. The van der Waals surface area contributed by atoms with E-state index in [1.54, 1.807) is 12.1 Å². The van der Waals surface area contributed by atoms with E-state index in [9.17, 15) is 23.1 Å². The van der Waals surface area contributed by atoms with Gasteiger partial charge in [-0.3, -0.25) is 4.57 Å². The standard InChI is InChI=1S/C22H23ClF3N3O2/c23-17-5-2-15(3-6-17)21(31)8-12-28(13-9-21)10-1-11-29-19-7-4-16(22(24,25)26)14-18(19)27-20(29)30/h2-7,14,31H,1,8-13H2,(H,27,30). The molecule has 3 aromatic rings. The summed E-state index contributed by atoms with van der Waals surface area (Å²) in [7, 11) is 0. The van der Waals surface area contributed by atoms with E-state index in [2.05, 4.69) is 9.88 Å². The third-order valence-electron chi connectivity index (χ3n) is 6.02. The van der Waals surface area contributed by atoms with Gasteiger partial charge in [0.2, 0.25) is 0 Å². The van der Waals surface area contributed by atoms with Crippen molar-refractivity contribution in [3.63, 3.8) is 0 Å². The molecule has 0 spiro atoms. The van der Waals surface area contributed by atoms with E-state index in [4.69, 9.17) is 11.6 Å². The minimum absolute atomic E-state index is 0.186. The molecular weight excluding hydrogens is 431 g/mol. The predicted molar refractivity (Wildman–Crippen MR) is 113 cm³/mol. The number of imidazole rings is 1. The molecule has 5 nitrogen and oxygen atoms in total. The number of alkyl halides is 3. The van der Waals surface area contributed by atoms with Gasteiger partial charge in [0.1, 0.15) is 0 Å². The highest BCUT2D eigenvalue weighted by Crippen LogP contribution is 2.33. The van der Waals surface area contributed by atoms with Crippen LogP contribution in [0, 0.1) is 0 Å². The molecule has 1 fully saturated rings. The quantitative estimate of drug-likeness (QED) is 0.603. The van der Waals surface area contributed by atoms with E-state index in [0.29, 0.717) is 36.3 Å². The van der Waals surface area contributed by atoms with Crippen LogP contribution >= 0.6 is 11.6 Å². The summed E-state index contributed by atoms with van der Waals surface area (Å²) in [4.78, 5) is 17.0. The molecule has 1 saturated heterocycles. The number of aryl methyl sites for hydroxylation is 1. The van der Waals surface area contributed by atoms with Crippen molar-refractivity contribution >= 4 is 22.6 Å². The average molecular weight is 454 g/mol. The molecule has 0 bridgehead atoms. The summed E-state index contributed by atoms with van der Waals surface area (Å²) in [6.07, 6.45) is -2.58. The van der Waals surface area contributed by atoms with Gasteiger partial charge in [0.25, 0.3) is 0 Å². The van der Waals surface area contributed by atoms with Gasteiger partial charge in [0, 0.05) is 24.7 Å². The van der Waals surface area contributed by atoms with E-state index in [0.717, 1.165) is 37.3 Å². The molecule has 0 aliphatic carbocycles. The molecule has 166 valence electrons. The molecule has 1 aliphatic rings. The minimum Gasteiger partial charge on any atom is -0.385 e. The van der Waals surface area contributed by atoms with Crippen molar-refractivity contribution in [2.75, 3.05) is 19.6 Å². The number of nitrogens with zero attached hydrogens (tertiary/aromatic N) is 2. The van der Waals surface area contributed by atoms with Gasteiger partial charge in [-0.05, 0) is 61.7 Å². The van der Waals surface area contributed by atoms with Crippen LogP contribution in [0.15, 0.2) is 47.3 Å². The zero-order valence-electron chi connectivity index (χ0n) is 16.8. The van der Waals surface area contributed by atoms with Crippen molar-refractivity contribution in [1.82, 2.24) is 14.5 Å². The molecular formula is C22H23ClF3N3O2. The Hall–Kier alpha value is -2.29. The Morgan fingerprint density at radius 1 is 1.06 bits per heavy atom. The van der Waals surface area contributed by atoms with Crippen molar-refractivity contribution in [2.45, 2.75) is 37.6 Å². The Morgan fingerprint density at radius 3 is 2.39 bits per heavy atom. The van der Waals surface area contributed by atoms with Gasteiger partial charge >= 0.3 is 11.9 Å². The number of likely N-dealkylation sites (tertiary alicyclic amines) is 1. The third-order valence-corrected chi connectivity index (χ3v) is 6.27. The number of aliphatic hydroxyl groups is 1. The van der Waals surface area contributed by atoms with Gasteiger partial charge in [-0.25, -0.2) is 4.79 Å². The number of H-pyrrole nitrogens is 1. The van der Waals surface area contributed by atoms with E-state index >= 15 is 0 Å². The summed E-state index contributed by atoms with van der Waals surface area (Å²) in [6, 6.07) is 10.6. The molecule has 0 amide bonds. The molecule has 2 heterocycles. The van der Waals surface area contributed by atoms with E-state index in [-0.39, 0.29) is 5.52 Å². The van der Waals surface area contributed by atoms with Gasteiger partial charge < -0.3 is 15.0 Å². The first-order valence-corrected chi connectivity index (χ1v) is 10.5. The Balaban J connectivity index is 1.35. The Kier molecular flexibility index (Phi) is 5.89. The predicted octanol–water partition coefficient (Wildman–Crippen LogP) is 4.38. The summed E-state index contributed by atoms with van der Waals surface area (Å²) >= 11 is 5.93. The normalized spacial score (nSPS) is 17.3. The van der Waals surface area contributed by atoms with Crippen molar-refractivity contribution in [3.8, 4) is 0 Å². The lowest BCUT2D eigenvalue weighted by Crippen LogP contribution is -2.43. The molecule has 1 aromatic heterocycles. The second kappa shape index (κ2) is 8.33. The number of nitrogens with one attached hydrogen (secondary N) is 1. The monoisotopic (exact) mass is 453 g/mol. The molecule has 9 heteroatoms. The lowest BCUT2D eigenvalue weighted by Gasteiger charge is -2.38. The van der Waals surface area contributed by atoms with E-state index in [1.807, 2.05) is 12.1 Å². The van der Waals surface area contributed by atoms with E-state index in [1.165, 1.54) is 10.6 Å². The molecule has 2 N–H and O–H groups in total. The maximum Gasteiger partial charge on any atom is 0.416 e. The summed E-state index contributed by atoms with van der Waals surface area (Å²) < 4.78 is 40.1. The first-order chi connectivity index (χ1) is 14.7. The van der Waals surface area contributed by atoms with Crippen LogP contribution in [0.5, 0.6) is 0 Å². The Bertz CT molecular complexity index is 1110. The number of rotatable bonds is 5. The van der Waals surface area contributed by atoms with Crippen LogP contribution in [-0.4, -0.2) is 39.2 Å². The van der Waals surface area contributed by atoms with Gasteiger partial charge in [-0.15, -0.1) is 0 Å². The van der Waals surface area contributed by atoms with E-state index < -0.39 is 23.0 Å². The van der Waals surface area contributed by atoms with Crippen molar-refractivity contribution in [2.24, 2.45) is 0 Å². The molecule has 0 atom stereocenters. The van der Waals surface area contributed by atoms with Crippen LogP contribution in [0.1, 0.15) is 30.4 Å². The maximum atomic E-state index is 12.9. The molecule has 0 unspecified atom stereocenters. The first kappa shape index (κ1) is 21.9. The fourth-order valence-electron chi connectivity index (χ4n) is 4.21. The number of aromatic amines is 1. The number of piperidine rings is 1. The van der Waals surface area contributed by atoms with Crippen LogP contribution in [0.3, 0.4) is 0 Å². The molecule has 0 saturated carbocycles. The molecule has 4 rings (SSSR count). The average Bonchev–Trinajstić information content (AvgIpc) is 3.04. The molecule has 1 aliphatic heterocycles. The van der Waals surface area contributed by atoms with Crippen molar-refractivity contribution in [3.05, 3.63) is 69.1 Å². The molecule has 2 aromatic carbocycles. The summed E-state index contributed by atoms with van der Waals surface area (Å²) in [5.74, 6) is 0. The number of halogens is 4. The number of hydrogen-bond acceptors (Lipinski definition) is 3. The van der Waals surface area contributed by atoms with Gasteiger partial charge in [0.15, 0.2) is 0 Å². The number of benzene rings is 2. The summed E-state index contributed by atoms with van der Waals surface area (Å²) in [6.45, 7) is 2.58. The Morgan fingerprint density at radius 2 is 1.74 bits per heavy atom.